The summed E-state index contributed by atoms with van der Waals surface area (Å²) in [7, 11) is 0. The van der Waals surface area contributed by atoms with Gasteiger partial charge in [0.2, 0.25) is 0 Å². The summed E-state index contributed by atoms with van der Waals surface area (Å²) in [6.07, 6.45) is 0.430. The molecule has 152 valence electrons. The minimum atomic E-state index is -0.910. The van der Waals surface area contributed by atoms with E-state index in [9.17, 15) is 18.4 Å². The highest BCUT2D eigenvalue weighted by molar-refractivity contribution is 5.92. The highest BCUT2D eigenvalue weighted by Gasteiger charge is 2.15. The number of nitrogens with zero attached hydrogens (tertiary/aromatic N) is 3. The third-order valence-electron chi connectivity index (χ3n) is 4.43. The van der Waals surface area contributed by atoms with Gasteiger partial charge in [-0.05, 0) is 44.9 Å². The molecule has 0 aliphatic carbocycles. The molecule has 9 heteroatoms. The molecule has 0 fully saturated rings. The van der Waals surface area contributed by atoms with Gasteiger partial charge in [-0.25, -0.2) is 18.3 Å². The second-order valence-corrected chi connectivity index (χ2v) is 6.65. The summed E-state index contributed by atoms with van der Waals surface area (Å²) < 4.78 is 33.1. The fraction of sp³-hybridized carbons (Fsp3) is 0.300. The Labute approximate surface area is 165 Å². The van der Waals surface area contributed by atoms with E-state index in [4.69, 9.17) is 4.74 Å². The highest BCUT2D eigenvalue weighted by Crippen LogP contribution is 2.17. The average Bonchev–Trinajstić information content (AvgIpc) is 3.02. The number of rotatable bonds is 6. The summed E-state index contributed by atoms with van der Waals surface area (Å²) in [4.78, 5) is 28.3. The van der Waals surface area contributed by atoms with Crippen LogP contribution in [0.1, 0.15) is 29.1 Å². The van der Waals surface area contributed by atoms with Crippen LogP contribution in [0.2, 0.25) is 0 Å². The molecule has 0 saturated heterocycles. The largest absolute Gasteiger partial charge is 0.456 e. The van der Waals surface area contributed by atoms with Crippen molar-refractivity contribution in [1.29, 1.82) is 0 Å². The van der Waals surface area contributed by atoms with Crippen LogP contribution >= 0.6 is 0 Å². The molecule has 7 nitrogen and oxygen atoms in total. The number of nitrogens with one attached hydrogen (secondary N) is 1. The van der Waals surface area contributed by atoms with Gasteiger partial charge in [0.1, 0.15) is 11.6 Å². The van der Waals surface area contributed by atoms with Gasteiger partial charge in [0, 0.05) is 29.9 Å². The molecule has 0 aliphatic rings. The number of hydrogen-bond acceptors (Lipinski definition) is 5. The van der Waals surface area contributed by atoms with Gasteiger partial charge < -0.3 is 10.1 Å². The van der Waals surface area contributed by atoms with E-state index >= 15 is 0 Å². The molecule has 3 aromatic rings. The van der Waals surface area contributed by atoms with Gasteiger partial charge in [-0.2, -0.15) is 5.10 Å². The predicted molar refractivity (Wildman–Crippen MR) is 101 cm³/mol. The number of aromatic nitrogens is 3. The Morgan fingerprint density at radius 3 is 2.66 bits per heavy atom. The lowest BCUT2D eigenvalue weighted by Gasteiger charge is -2.11. The number of hydrogen-bond donors (Lipinski definition) is 1. The van der Waals surface area contributed by atoms with E-state index in [0.29, 0.717) is 12.5 Å². The fourth-order valence-electron chi connectivity index (χ4n) is 3.03. The average molecular weight is 402 g/mol. The van der Waals surface area contributed by atoms with E-state index in [2.05, 4.69) is 15.4 Å². The number of carbonyl (C=O) groups excluding carboxylic acids is 2. The first-order valence-corrected chi connectivity index (χ1v) is 8.97. The standard InChI is InChI=1S/C20H20F2N4O3/c1-11-8-18-23-12(2)15(13(3)26(18)25-11)5-7-20(28)29-10-19(27)24-17-6-4-14(21)9-16(17)22/h4,6,8-9H,5,7,10H2,1-3H3,(H,24,27). The molecular weight excluding hydrogens is 382 g/mol. The first-order valence-electron chi connectivity index (χ1n) is 8.97. The molecule has 3 rings (SSSR count). The minimum Gasteiger partial charge on any atom is -0.456 e. The molecule has 0 radical (unpaired) electrons. The van der Waals surface area contributed by atoms with Gasteiger partial charge in [-0.3, -0.25) is 9.59 Å². The third kappa shape index (κ3) is 4.74. The van der Waals surface area contributed by atoms with Crippen molar-refractivity contribution in [2.75, 3.05) is 11.9 Å². The normalized spacial score (nSPS) is 10.9. The van der Waals surface area contributed by atoms with Gasteiger partial charge in [-0.15, -0.1) is 0 Å². The van der Waals surface area contributed by atoms with Crippen molar-refractivity contribution in [2.45, 2.75) is 33.6 Å². The monoisotopic (exact) mass is 402 g/mol. The Hall–Kier alpha value is -3.36. The molecule has 1 amide bonds. The molecule has 0 spiro atoms. The summed E-state index contributed by atoms with van der Waals surface area (Å²) >= 11 is 0. The van der Waals surface area contributed by atoms with Crippen LogP contribution in [-0.2, 0) is 20.7 Å². The number of benzene rings is 1. The number of esters is 1. The number of ether oxygens (including phenoxy) is 1. The molecule has 29 heavy (non-hydrogen) atoms. The number of fused-ring (bicyclic) bond motifs is 1. The zero-order valence-electron chi connectivity index (χ0n) is 16.3. The lowest BCUT2D eigenvalue weighted by molar-refractivity contribution is -0.147. The van der Waals surface area contributed by atoms with E-state index < -0.39 is 30.1 Å². The second kappa shape index (κ2) is 8.34. The Morgan fingerprint density at radius 2 is 1.93 bits per heavy atom. The Kier molecular flexibility index (Phi) is 5.86. The molecule has 1 aromatic carbocycles. The summed E-state index contributed by atoms with van der Waals surface area (Å²) in [5.74, 6) is -2.95. The predicted octanol–water partition coefficient (Wildman–Crippen LogP) is 3.05. The molecule has 2 heterocycles. The van der Waals surface area contributed by atoms with Crippen molar-refractivity contribution >= 4 is 23.2 Å². The molecule has 0 saturated carbocycles. The molecular formula is C20H20F2N4O3. The molecule has 0 aliphatic heterocycles. The lowest BCUT2D eigenvalue weighted by atomic mass is 10.1. The van der Waals surface area contributed by atoms with Gasteiger partial charge in [0.15, 0.2) is 12.3 Å². The van der Waals surface area contributed by atoms with Crippen LogP contribution in [0, 0.1) is 32.4 Å². The quantitative estimate of drug-likeness (QED) is 0.641. The summed E-state index contributed by atoms with van der Waals surface area (Å²) in [5.41, 5.74) is 3.97. The van der Waals surface area contributed by atoms with Crippen LogP contribution in [-0.4, -0.2) is 33.1 Å². The van der Waals surface area contributed by atoms with Crippen molar-refractivity contribution in [1.82, 2.24) is 14.6 Å². The van der Waals surface area contributed by atoms with E-state index in [1.165, 1.54) is 0 Å². The summed E-state index contributed by atoms with van der Waals surface area (Å²) in [6.45, 7) is 5.08. The van der Waals surface area contributed by atoms with Crippen molar-refractivity contribution < 1.29 is 23.1 Å². The maximum Gasteiger partial charge on any atom is 0.306 e. The van der Waals surface area contributed by atoms with Crippen LogP contribution in [0.15, 0.2) is 24.3 Å². The van der Waals surface area contributed by atoms with E-state index in [1.807, 2.05) is 26.8 Å². The first kappa shape index (κ1) is 20.4. The van der Waals surface area contributed by atoms with Gasteiger partial charge in [0.25, 0.3) is 5.91 Å². The number of amides is 1. The number of carbonyl (C=O) groups is 2. The van der Waals surface area contributed by atoms with Crippen LogP contribution in [0.5, 0.6) is 0 Å². The minimum absolute atomic E-state index is 0.0489. The maximum absolute atomic E-state index is 13.5. The topological polar surface area (TPSA) is 85.6 Å². The summed E-state index contributed by atoms with van der Waals surface area (Å²) in [5, 5.41) is 6.61. The smallest absolute Gasteiger partial charge is 0.306 e. The van der Waals surface area contributed by atoms with Crippen molar-refractivity contribution in [3.05, 3.63) is 58.5 Å². The number of halogens is 2. The van der Waals surface area contributed by atoms with Gasteiger partial charge >= 0.3 is 5.97 Å². The zero-order chi connectivity index (χ0) is 21.1. The number of aryl methyl sites for hydroxylation is 3. The SMILES string of the molecule is Cc1cc2nc(C)c(CCC(=O)OCC(=O)Nc3ccc(F)cc3F)c(C)n2n1. The lowest BCUT2D eigenvalue weighted by Crippen LogP contribution is -2.21. The van der Waals surface area contributed by atoms with E-state index in [0.717, 1.165) is 40.4 Å². The van der Waals surface area contributed by atoms with E-state index in [-0.39, 0.29) is 12.1 Å². The molecule has 1 N–H and O–H groups in total. The van der Waals surface area contributed by atoms with Gasteiger partial charge in [-0.1, -0.05) is 0 Å². The Balaban J connectivity index is 1.55. The van der Waals surface area contributed by atoms with E-state index in [1.54, 1.807) is 4.52 Å². The van der Waals surface area contributed by atoms with Crippen molar-refractivity contribution in [3.8, 4) is 0 Å². The molecule has 0 unspecified atom stereocenters. The van der Waals surface area contributed by atoms with Gasteiger partial charge in [0.05, 0.1) is 11.4 Å². The van der Waals surface area contributed by atoms with Crippen molar-refractivity contribution in [2.24, 2.45) is 0 Å². The Bertz CT molecular complexity index is 1100. The summed E-state index contributed by atoms with van der Waals surface area (Å²) in [6, 6.07) is 4.64. The molecule has 0 bridgehead atoms. The first-order chi connectivity index (χ1) is 13.7. The third-order valence-corrected chi connectivity index (χ3v) is 4.43. The molecule has 0 atom stereocenters. The van der Waals surface area contributed by atoms with Crippen LogP contribution in [0.3, 0.4) is 0 Å². The van der Waals surface area contributed by atoms with Crippen LogP contribution in [0.4, 0.5) is 14.5 Å². The van der Waals surface area contributed by atoms with Crippen LogP contribution in [0.25, 0.3) is 5.65 Å². The van der Waals surface area contributed by atoms with Crippen molar-refractivity contribution in [3.63, 3.8) is 0 Å². The maximum atomic E-state index is 13.5. The number of anilines is 1. The zero-order valence-corrected chi connectivity index (χ0v) is 16.3. The highest BCUT2D eigenvalue weighted by atomic mass is 19.1. The Morgan fingerprint density at radius 1 is 1.17 bits per heavy atom. The van der Waals surface area contributed by atoms with Crippen LogP contribution < -0.4 is 5.32 Å². The second-order valence-electron chi connectivity index (χ2n) is 6.65. The fourth-order valence-corrected chi connectivity index (χ4v) is 3.03. The molecule has 2 aromatic heterocycles.